The van der Waals surface area contributed by atoms with Crippen molar-refractivity contribution < 1.29 is 14.6 Å². The molecule has 0 unspecified atom stereocenters. The standard InChI is InChI=1S/C7H12N2O3S/c1-2-9(7(8)11)5-4-13-6(3-10)12-5/h2,5-6,10H,1,3-4H2,(H2,8,11)/t5-,6+/m0/s1. The Hall–Kier alpha value is -0.720. The summed E-state index contributed by atoms with van der Waals surface area (Å²) < 4.78 is 5.29. The number of urea groups is 1. The van der Waals surface area contributed by atoms with Gasteiger partial charge in [0.05, 0.1) is 6.61 Å². The van der Waals surface area contributed by atoms with Crippen molar-refractivity contribution in [2.24, 2.45) is 5.73 Å². The topological polar surface area (TPSA) is 75.8 Å². The van der Waals surface area contributed by atoms with E-state index in [1.807, 2.05) is 0 Å². The second-order valence-electron chi connectivity index (χ2n) is 2.46. The predicted molar refractivity (Wildman–Crippen MR) is 49.8 cm³/mol. The molecule has 1 fully saturated rings. The summed E-state index contributed by atoms with van der Waals surface area (Å²) in [6.45, 7) is 3.39. The van der Waals surface area contributed by atoms with Crippen molar-refractivity contribution in [3.05, 3.63) is 12.8 Å². The van der Waals surface area contributed by atoms with Crippen molar-refractivity contribution in [2.75, 3.05) is 12.4 Å². The molecule has 1 aliphatic heterocycles. The molecule has 3 N–H and O–H groups in total. The minimum atomic E-state index is -0.598. The highest BCUT2D eigenvalue weighted by Crippen LogP contribution is 2.26. The van der Waals surface area contributed by atoms with Crippen LogP contribution in [0.25, 0.3) is 0 Å². The van der Waals surface area contributed by atoms with Gasteiger partial charge in [-0.05, 0) is 0 Å². The molecule has 74 valence electrons. The predicted octanol–water partition coefficient (Wildman–Crippen LogP) is -0.0815. The number of aliphatic hydroxyl groups is 1. The zero-order valence-electron chi connectivity index (χ0n) is 7.05. The Balaban J connectivity index is 2.52. The molecule has 0 aromatic rings. The Morgan fingerprint density at radius 2 is 2.62 bits per heavy atom. The maximum absolute atomic E-state index is 10.8. The molecule has 0 radical (unpaired) electrons. The lowest BCUT2D eigenvalue weighted by molar-refractivity contribution is -0.0191. The van der Waals surface area contributed by atoms with Gasteiger partial charge in [0.25, 0.3) is 0 Å². The summed E-state index contributed by atoms with van der Waals surface area (Å²) in [7, 11) is 0. The van der Waals surface area contributed by atoms with Crippen molar-refractivity contribution in [3.63, 3.8) is 0 Å². The maximum atomic E-state index is 10.8. The smallest absolute Gasteiger partial charge is 0.320 e. The van der Waals surface area contributed by atoms with Crippen LogP contribution in [0.4, 0.5) is 4.79 Å². The van der Waals surface area contributed by atoms with E-state index < -0.39 is 12.3 Å². The lowest BCUT2D eigenvalue weighted by Crippen LogP contribution is -2.41. The van der Waals surface area contributed by atoms with Crippen LogP contribution in [0.2, 0.25) is 0 Å². The minimum Gasteiger partial charge on any atom is -0.393 e. The van der Waals surface area contributed by atoms with Gasteiger partial charge in [-0.25, -0.2) is 4.79 Å². The van der Waals surface area contributed by atoms with E-state index in [2.05, 4.69) is 6.58 Å². The van der Waals surface area contributed by atoms with Gasteiger partial charge in [0, 0.05) is 12.0 Å². The van der Waals surface area contributed by atoms with Gasteiger partial charge < -0.3 is 15.6 Å². The van der Waals surface area contributed by atoms with Crippen molar-refractivity contribution >= 4 is 17.8 Å². The number of thioether (sulfide) groups is 1. The number of nitrogens with zero attached hydrogens (tertiary/aromatic N) is 1. The Labute approximate surface area is 80.5 Å². The van der Waals surface area contributed by atoms with Crippen LogP contribution in [0.5, 0.6) is 0 Å². The fraction of sp³-hybridized carbons (Fsp3) is 0.571. The van der Waals surface area contributed by atoms with Gasteiger partial charge in [0.15, 0.2) is 0 Å². The van der Waals surface area contributed by atoms with E-state index in [4.69, 9.17) is 15.6 Å². The largest absolute Gasteiger partial charge is 0.393 e. The minimum absolute atomic E-state index is 0.0646. The SMILES string of the molecule is C=CN(C(N)=O)[C@@H]1CS[C@H](CO)O1. The van der Waals surface area contributed by atoms with Gasteiger partial charge in [0.1, 0.15) is 11.7 Å². The zero-order valence-corrected chi connectivity index (χ0v) is 7.87. The van der Waals surface area contributed by atoms with E-state index in [-0.39, 0.29) is 12.0 Å². The first kappa shape index (κ1) is 10.4. The molecule has 6 heteroatoms. The highest BCUT2D eigenvalue weighted by molar-refractivity contribution is 8.00. The van der Waals surface area contributed by atoms with Gasteiger partial charge in [-0.15, -0.1) is 11.8 Å². The quantitative estimate of drug-likeness (QED) is 0.674. The van der Waals surface area contributed by atoms with Crippen LogP contribution in [0.15, 0.2) is 12.8 Å². The van der Waals surface area contributed by atoms with Crippen LogP contribution in [0.1, 0.15) is 0 Å². The number of hydrogen-bond acceptors (Lipinski definition) is 4. The third-order valence-electron chi connectivity index (χ3n) is 1.64. The average Bonchev–Trinajstić information content (AvgIpc) is 2.53. The first-order valence-corrected chi connectivity index (χ1v) is 4.82. The monoisotopic (exact) mass is 204 g/mol. The molecule has 2 amide bonds. The zero-order chi connectivity index (χ0) is 9.84. The molecule has 5 nitrogen and oxygen atoms in total. The number of nitrogens with two attached hydrogens (primary N) is 1. The first-order chi connectivity index (χ1) is 6.19. The number of ether oxygens (including phenoxy) is 1. The number of rotatable bonds is 3. The summed E-state index contributed by atoms with van der Waals surface area (Å²) in [6, 6.07) is -0.598. The summed E-state index contributed by atoms with van der Waals surface area (Å²) in [4.78, 5) is 12.0. The molecule has 1 saturated heterocycles. The van der Waals surface area contributed by atoms with Gasteiger partial charge in [-0.1, -0.05) is 6.58 Å². The van der Waals surface area contributed by atoms with E-state index in [0.29, 0.717) is 5.75 Å². The molecule has 0 saturated carbocycles. The average molecular weight is 204 g/mol. The number of primary amides is 1. The van der Waals surface area contributed by atoms with Gasteiger partial charge >= 0.3 is 6.03 Å². The lowest BCUT2D eigenvalue weighted by Gasteiger charge is -2.21. The summed E-state index contributed by atoms with van der Waals surface area (Å²) in [5, 5.41) is 8.77. The molecule has 1 aliphatic rings. The summed E-state index contributed by atoms with van der Waals surface area (Å²) in [5.41, 5.74) is 4.81. The number of carbonyl (C=O) groups is 1. The lowest BCUT2D eigenvalue weighted by atomic mass is 10.5. The first-order valence-electron chi connectivity index (χ1n) is 3.77. The number of aliphatic hydroxyl groups excluding tert-OH is 1. The fourth-order valence-corrected chi connectivity index (χ4v) is 1.97. The molecular formula is C7H12N2O3S. The highest BCUT2D eigenvalue weighted by atomic mass is 32.2. The summed E-state index contributed by atoms with van der Waals surface area (Å²) in [5.74, 6) is 0.597. The van der Waals surface area contributed by atoms with E-state index in [9.17, 15) is 4.79 Å². The van der Waals surface area contributed by atoms with Crippen molar-refractivity contribution in [1.82, 2.24) is 4.90 Å². The fourth-order valence-electron chi connectivity index (χ4n) is 1.03. The number of carbonyl (C=O) groups excluding carboxylic acids is 1. The number of amides is 2. The van der Waals surface area contributed by atoms with Crippen molar-refractivity contribution in [2.45, 2.75) is 11.7 Å². The summed E-state index contributed by atoms with van der Waals surface area (Å²) >= 11 is 1.44. The Kier molecular flexibility index (Phi) is 3.58. The van der Waals surface area contributed by atoms with Crippen LogP contribution >= 0.6 is 11.8 Å². The molecular weight excluding hydrogens is 192 g/mol. The number of hydrogen-bond donors (Lipinski definition) is 2. The second-order valence-corrected chi connectivity index (χ2v) is 3.66. The molecule has 0 aliphatic carbocycles. The Morgan fingerprint density at radius 3 is 3.00 bits per heavy atom. The molecule has 1 rings (SSSR count). The van der Waals surface area contributed by atoms with E-state index in [1.54, 1.807) is 0 Å². The molecule has 0 spiro atoms. The second kappa shape index (κ2) is 4.50. The van der Waals surface area contributed by atoms with E-state index >= 15 is 0 Å². The molecule has 0 bridgehead atoms. The third kappa shape index (κ3) is 2.36. The molecule has 0 aromatic carbocycles. The normalized spacial score (nSPS) is 27.2. The van der Waals surface area contributed by atoms with Gasteiger partial charge in [-0.3, -0.25) is 4.90 Å². The molecule has 2 atom stereocenters. The highest BCUT2D eigenvalue weighted by Gasteiger charge is 2.30. The molecule has 1 heterocycles. The molecule has 13 heavy (non-hydrogen) atoms. The van der Waals surface area contributed by atoms with Crippen LogP contribution in [-0.2, 0) is 4.74 Å². The van der Waals surface area contributed by atoms with Crippen molar-refractivity contribution in [3.8, 4) is 0 Å². The Bertz CT molecular complexity index is 212. The van der Waals surface area contributed by atoms with Gasteiger partial charge in [0.2, 0.25) is 0 Å². The third-order valence-corrected chi connectivity index (χ3v) is 2.75. The van der Waals surface area contributed by atoms with Crippen LogP contribution in [-0.4, -0.2) is 40.1 Å². The van der Waals surface area contributed by atoms with Gasteiger partial charge in [-0.2, -0.15) is 0 Å². The van der Waals surface area contributed by atoms with E-state index in [1.165, 1.54) is 22.9 Å². The molecule has 0 aromatic heterocycles. The maximum Gasteiger partial charge on any atom is 0.320 e. The van der Waals surface area contributed by atoms with Crippen molar-refractivity contribution in [1.29, 1.82) is 0 Å². The van der Waals surface area contributed by atoms with Crippen LogP contribution in [0, 0.1) is 0 Å². The summed E-state index contributed by atoms with van der Waals surface area (Å²) in [6.07, 6.45) is 0.921. The van der Waals surface area contributed by atoms with E-state index in [0.717, 1.165) is 0 Å². The Morgan fingerprint density at radius 1 is 1.92 bits per heavy atom. The van der Waals surface area contributed by atoms with Crippen LogP contribution in [0.3, 0.4) is 0 Å². The van der Waals surface area contributed by atoms with Crippen LogP contribution < -0.4 is 5.73 Å².